The molecule has 1 aliphatic heterocycles. The highest BCUT2D eigenvalue weighted by Gasteiger charge is 2.35. The van der Waals surface area contributed by atoms with Crippen LogP contribution in [-0.4, -0.2) is 43.3 Å². The van der Waals surface area contributed by atoms with E-state index in [0.29, 0.717) is 13.0 Å². The number of nitrogens with zero attached hydrogens (tertiary/aromatic N) is 1. The molecule has 1 amide bonds. The third-order valence-electron chi connectivity index (χ3n) is 3.20. The summed E-state index contributed by atoms with van der Waals surface area (Å²) in [4.78, 5) is 14.0. The number of carbonyl (C=O) groups is 1. The predicted octanol–water partition coefficient (Wildman–Crippen LogP) is 1.56. The number of furan rings is 1. The van der Waals surface area contributed by atoms with Crippen molar-refractivity contribution in [1.29, 1.82) is 0 Å². The molecular weight excluding hydrogens is 266 g/mol. The maximum absolute atomic E-state index is 12.4. The van der Waals surface area contributed by atoms with Crippen LogP contribution >= 0.6 is 0 Å². The lowest BCUT2D eigenvalue weighted by atomic mass is 10.1. The molecule has 5 nitrogen and oxygen atoms in total. The first-order valence-electron chi connectivity index (χ1n) is 6.44. The predicted molar refractivity (Wildman–Crippen MR) is 71.6 cm³/mol. The van der Waals surface area contributed by atoms with Crippen LogP contribution in [0.25, 0.3) is 0 Å². The minimum absolute atomic E-state index is 0.0617. The van der Waals surface area contributed by atoms with Gasteiger partial charge < -0.3 is 9.32 Å². The molecule has 1 aromatic heterocycles. The van der Waals surface area contributed by atoms with Crippen LogP contribution in [0.15, 0.2) is 22.8 Å². The number of sulfone groups is 1. The van der Waals surface area contributed by atoms with Crippen LogP contribution in [0.4, 0.5) is 0 Å². The van der Waals surface area contributed by atoms with E-state index in [0.717, 1.165) is 0 Å². The zero-order chi connectivity index (χ0) is 14.0. The highest BCUT2D eigenvalue weighted by molar-refractivity contribution is 7.91. The quantitative estimate of drug-likeness (QED) is 0.842. The minimum atomic E-state index is -3.00. The molecule has 0 saturated carbocycles. The number of amides is 1. The second-order valence-corrected chi connectivity index (χ2v) is 7.61. The van der Waals surface area contributed by atoms with Crippen LogP contribution in [0, 0.1) is 5.92 Å². The minimum Gasteiger partial charge on any atom is -0.459 e. The van der Waals surface area contributed by atoms with Gasteiger partial charge in [-0.15, -0.1) is 0 Å². The monoisotopic (exact) mass is 285 g/mol. The van der Waals surface area contributed by atoms with E-state index < -0.39 is 9.84 Å². The Morgan fingerprint density at radius 3 is 2.74 bits per heavy atom. The summed E-state index contributed by atoms with van der Waals surface area (Å²) in [7, 11) is -3.00. The van der Waals surface area contributed by atoms with E-state index in [4.69, 9.17) is 4.42 Å². The van der Waals surface area contributed by atoms with Gasteiger partial charge in [-0.1, -0.05) is 13.8 Å². The Morgan fingerprint density at radius 2 is 2.26 bits per heavy atom. The number of carbonyl (C=O) groups excluding carboxylic acids is 1. The van der Waals surface area contributed by atoms with E-state index >= 15 is 0 Å². The van der Waals surface area contributed by atoms with E-state index in [1.807, 2.05) is 13.8 Å². The zero-order valence-corrected chi connectivity index (χ0v) is 12.0. The fraction of sp³-hybridized carbons (Fsp3) is 0.615. The summed E-state index contributed by atoms with van der Waals surface area (Å²) in [5, 5.41) is 0. The molecular formula is C13H19NO4S. The van der Waals surface area contributed by atoms with Crippen molar-refractivity contribution in [2.75, 3.05) is 18.1 Å². The fourth-order valence-corrected chi connectivity index (χ4v) is 4.08. The molecule has 1 fully saturated rings. The van der Waals surface area contributed by atoms with Crippen LogP contribution < -0.4 is 0 Å². The van der Waals surface area contributed by atoms with Gasteiger partial charge in [-0.25, -0.2) is 8.42 Å². The molecule has 0 aliphatic carbocycles. The fourth-order valence-electron chi connectivity index (χ4n) is 2.35. The molecule has 0 unspecified atom stereocenters. The normalized spacial score (nSPS) is 21.7. The van der Waals surface area contributed by atoms with Crippen molar-refractivity contribution < 1.29 is 17.6 Å². The van der Waals surface area contributed by atoms with E-state index in [-0.39, 0.29) is 35.1 Å². The highest BCUT2D eigenvalue weighted by atomic mass is 32.2. The van der Waals surface area contributed by atoms with Gasteiger partial charge >= 0.3 is 0 Å². The molecule has 1 aromatic rings. The Morgan fingerprint density at radius 1 is 1.53 bits per heavy atom. The van der Waals surface area contributed by atoms with E-state index in [9.17, 15) is 13.2 Å². The summed E-state index contributed by atoms with van der Waals surface area (Å²) in [6.07, 6.45) is 1.97. The van der Waals surface area contributed by atoms with Gasteiger partial charge in [0, 0.05) is 12.6 Å². The topological polar surface area (TPSA) is 67.6 Å². The van der Waals surface area contributed by atoms with Crippen molar-refractivity contribution in [2.45, 2.75) is 26.3 Å². The lowest BCUT2D eigenvalue weighted by Crippen LogP contribution is -2.43. The lowest BCUT2D eigenvalue weighted by Gasteiger charge is -2.29. The summed E-state index contributed by atoms with van der Waals surface area (Å²) < 4.78 is 28.3. The molecule has 1 atom stereocenters. The number of hydrogen-bond donors (Lipinski definition) is 0. The Hall–Kier alpha value is -1.30. The maximum Gasteiger partial charge on any atom is 0.289 e. The second-order valence-electron chi connectivity index (χ2n) is 5.39. The lowest BCUT2D eigenvalue weighted by molar-refractivity contribution is 0.0639. The summed E-state index contributed by atoms with van der Waals surface area (Å²) in [5.74, 6) is 0.553. The molecule has 6 heteroatoms. The average molecular weight is 285 g/mol. The van der Waals surface area contributed by atoms with Gasteiger partial charge in [-0.3, -0.25) is 4.79 Å². The molecule has 0 bridgehead atoms. The second kappa shape index (κ2) is 5.36. The molecule has 1 aliphatic rings. The van der Waals surface area contributed by atoms with Crippen molar-refractivity contribution in [3.8, 4) is 0 Å². The van der Waals surface area contributed by atoms with Crippen LogP contribution in [0.2, 0.25) is 0 Å². The third-order valence-corrected chi connectivity index (χ3v) is 4.95. The van der Waals surface area contributed by atoms with Gasteiger partial charge in [0.05, 0.1) is 17.8 Å². The molecule has 19 heavy (non-hydrogen) atoms. The van der Waals surface area contributed by atoms with Crippen molar-refractivity contribution in [3.05, 3.63) is 24.2 Å². The smallest absolute Gasteiger partial charge is 0.289 e. The summed E-state index contributed by atoms with van der Waals surface area (Å²) in [6, 6.07) is 3.04. The van der Waals surface area contributed by atoms with Gasteiger partial charge in [-0.2, -0.15) is 0 Å². The van der Waals surface area contributed by atoms with Gasteiger partial charge in [0.2, 0.25) is 0 Å². The average Bonchev–Trinajstić information content (AvgIpc) is 2.94. The van der Waals surface area contributed by atoms with Crippen LogP contribution in [-0.2, 0) is 9.84 Å². The number of hydrogen-bond acceptors (Lipinski definition) is 4. The maximum atomic E-state index is 12.4. The van der Waals surface area contributed by atoms with Crippen LogP contribution in [0.5, 0.6) is 0 Å². The highest BCUT2D eigenvalue weighted by Crippen LogP contribution is 2.21. The van der Waals surface area contributed by atoms with E-state index in [1.54, 1.807) is 17.0 Å². The first kappa shape index (κ1) is 14.1. The van der Waals surface area contributed by atoms with Gasteiger partial charge in [0.15, 0.2) is 15.6 Å². The van der Waals surface area contributed by atoms with Crippen molar-refractivity contribution >= 4 is 15.7 Å². The standard InChI is InChI=1S/C13H19NO4S/c1-10(2)8-14(11-5-7-19(16,17)9-11)13(15)12-4-3-6-18-12/h3-4,6,10-11H,5,7-9H2,1-2H3/t11-/m1/s1. The summed E-state index contributed by atoms with van der Waals surface area (Å²) in [6.45, 7) is 4.55. The first-order valence-corrected chi connectivity index (χ1v) is 8.26. The van der Waals surface area contributed by atoms with Gasteiger partial charge in [0.1, 0.15) is 0 Å². The Bertz CT molecular complexity index is 533. The van der Waals surface area contributed by atoms with Crippen LogP contribution in [0.3, 0.4) is 0 Å². The number of rotatable bonds is 4. The zero-order valence-electron chi connectivity index (χ0n) is 11.2. The first-order chi connectivity index (χ1) is 8.89. The Balaban J connectivity index is 2.19. The third kappa shape index (κ3) is 3.37. The van der Waals surface area contributed by atoms with Crippen LogP contribution in [0.1, 0.15) is 30.8 Å². The van der Waals surface area contributed by atoms with E-state index in [2.05, 4.69) is 0 Å². The summed E-state index contributed by atoms with van der Waals surface area (Å²) >= 11 is 0. The molecule has 1 saturated heterocycles. The Kier molecular flexibility index (Phi) is 3.99. The van der Waals surface area contributed by atoms with Crippen molar-refractivity contribution in [2.24, 2.45) is 5.92 Å². The SMILES string of the molecule is CC(C)CN(C(=O)c1ccco1)[C@@H]1CCS(=O)(=O)C1. The molecule has 0 radical (unpaired) electrons. The Labute approximate surface area is 113 Å². The molecule has 0 N–H and O–H groups in total. The van der Waals surface area contributed by atoms with Crippen molar-refractivity contribution in [1.82, 2.24) is 4.90 Å². The molecule has 0 aromatic carbocycles. The van der Waals surface area contributed by atoms with Gasteiger partial charge in [-0.05, 0) is 24.5 Å². The molecule has 2 heterocycles. The largest absolute Gasteiger partial charge is 0.459 e. The molecule has 0 spiro atoms. The van der Waals surface area contributed by atoms with E-state index in [1.165, 1.54) is 6.26 Å². The van der Waals surface area contributed by atoms with Crippen molar-refractivity contribution in [3.63, 3.8) is 0 Å². The molecule has 2 rings (SSSR count). The molecule has 106 valence electrons. The van der Waals surface area contributed by atoms with Gasteiger partial charge in [0.25, 0.3) is 5.91 Å². The summed E-state index contributed by atoms with van der Waals surface area (Å²) in [5.41, 5.74) is 0.